The van der Waals surface area contributed by atoms with Crippen LogP contribution in [0.4, 0.5) is 5.69 Å². The summed E-state index contributed by atoms with van der Waals surface area (Å²) in [5.41, 5.74) is 1.74. The number of phenols is 1. The van der Waals surface area contributed by atoms with Gasteiger partial charge in [-0.05, 0) is 43.0 Å². The number of hydrogen-bond donors (Lipinski definition) is 2. The van der Waals surface area contributed by atoms with E-state index in [-0.39, 0.29) is 23.8 Å². The molecule has 2 aromatic rings. The van der Waals surface area contributed by atoms with Gasteiger partial charge in [-0.1, -0.05) is 30.3 Å². The second-order valence-corrected chi connectivity index (χ2v) is 5.49. The third-order valence-corrected chi connectivity index (χ3v) is 3.47. The highest BCUT2D eigenvalue weighted by Gasteiger charge is 2.13. The molecule has 0 radical (unpaired) electrons. The number of nitrogens with one attached hydrogen (secondary N) is 1. The number of phenolic OH excluding ortho intramolecular Hbond substituents is 1. The minimum atomic E-state index is -0.598. The van der Waals surface area contributed by atoms with Crippen LogP contribution in [-0.2, 0) is 16.0 Å². The van der Waals surface area contributed by atoms with Gasteiger partial charge in [-0.25, -0.2) is 4.79 Å². The second kappa shape index (κ2) is 8.72. The van der Waals surface area contributed by atoms with Gasteiger partial charge < -0.3 is 15.2 Å². The highest BCUT2D eigenvalue weighted by atomic mass is 16.5. The standard InChI is InChI=1S/C19H21NO4/c1-14(21)20-16-10-11-18(22)17(13-16)19(23)24-12-6-5-9-15-7-3-2-4-8-15/h2-4,7-8,10-11,13,22H,5-6,9,12H2,1H3,(H,20,21). The van der Waals surface area contributed by atoms with Crippen molar-refractivity contribution in [3.05, 3.63) is 59.7 Å². The Morgan fingerprint density at radius 1 is 1.08 bits per heavy atom. The van der Waals surface area contributed by atoms with E-state index < -0.39 is 5.97 Å². The Kier molecular flexibility index (Phi) is 6.37. The van der Waals surface area contributed by atoms with Crippen LogP contribution in [0.15, 0.2) is 48.5 Å². The molecule has 5 heteroatoms. The number of ether oxygens (including phenoxy) is 1. The molecule has 2 rings (SSSR count). The van der Waals surface area contributed by atoms with Crippen molar-refractivity contribution >= 4 is 17.6 Å². The number of benzene rings is 2. The van der Waals surface area contributed by atoms with E-state index in [4.69, 9.17) is 4.74 Å². The monoisotopic (exact) mass is 327 g/mol. The first kappa shape index (κ1) is 17.5. The average molecular weight is 327 g/mol. The molecule has 24 heavy (non-hydrogen) atoms. The first-order chi connectivity index (χ1) is 11.6. The molecule has 5 nitrogen and oxygen atoms in total. The summed E-state index contributed by atoms with van der Waals surface area (Å²) in [6.07, 6.45) is 2.59. The maximum Gasteiger partial charge on any atom is 0.341 e. The van der Waals surface area contributed by atoms with Crippen LogP contribution >= 0.6 is 0 Å². The smallest absolute Gasteiger partial charge is 0.341 e. The van der Waals surface area contributed by atoms with Crippen LogP contribution in [-0.4, -0.2) is 23.6 Å². The maximum atomic E-state index is 12.0. The Bertz CT molecular complexity index is 698. The molecule has 0 fully saturated rings. The summed E-state index contributed by atoms with van der Waals surface area (Å²) in [7, 11) is 0. The van der Waals surface area contributed by atoms with Crippen molar-refractivity contribution in [2.45, 2.75) is 26.2 Å². The number of aryl methyl sites for hydroxylation is 1. The van der Waals surface area contributed by atoms with Gasteiger partial charge in [-0.3, -0.25) is 4.79 Å². The lowest BCUT2D eigenvalue weighted by molar-refractivity contribution is -0.114. The van der Waals surface area contributed by atoms with Gasteiger partial charge in [0.25, 0.3) is 0 Å². The number of anilines is 1. The zero-order valence-electron chi connectivity index (χ0n) is 13.6. The van der Waals surface area contributed by atoms with E-state index in [2.05, 4.69) is 17.4 Å². The molecule has 2 aromatic carbocycles. The highest BCUT2D eigenvalue weighted by Crippen LogP contribution is 2.22. The molecule has 0 saturated carbocycles. The van der Waals surface area contributed by atoms with E-state index in [0.29, 0.717) is 5.69 Å². The lowest BCUT2D eigenvalue weighted by Crippen LogP contribution is -2.10. The highest BCUT2D eigenvalue weighted by molar-refractivity contribution is 5.95. The molecule has 0 bridgehead atoms. The topological polar surface area (TPSA) is 75.6 Å². The predicted octanol–water partition coefficient (Wildman–Crippen LogP) is 3.53. The van der Waals surface area contributed by atoms with E-state index in [9.17, 15) is 14.7 Å². The van der Waals surface area contributed by atoms with Crippen molar-refractivity contribution in [3.63, 3.8) is 0 Å². The van der Waals surface area contributed by atoms with Crippen molar-refractivity contribution in [3.8, 4) is 5.75 Å². The number of aromatic hydroxyl groups is 1. The summed E-state index contributed by atoms with van der Waals surface area (Å²) in [6.45, 7) is 1.66. The number of carbonyl (C=O) groups is 2. The van der Waals surface area contributed by atoms with E-state index >= 15 is 0 Å². The van der Waals surface area contributed by atoms with Crippen LogP contribution in [0.1, 0.15) is 35.7 Å². The lowest BCUT2D eigenvalue weighted by atomic mass is 10.1. The molecular formula is C19H21NO4. The quantitative estimate of drug-likeness (QED) is 0.463. The molecule has 0 heterocycles. The van der Waals surface area contributed by atoms with Gasteiger partial charge in [0.05, 0.1) is 6.61 Å². The fourth-order valence-corrected chi connectivity index (χ4v) is 2.30. The number of esters is 1. The van der Waals surface area contributed by atoms with Crippen LogP contribution in [0.25, 0.3) is 0 Å². The average Bonchev–Trinajstić information content (AvgIpc) is 2.56. The van der Waals surface area contributed by atoms with Crippen LogP contribution in [0.5, 0.6) is 5.75 Å². The van der Waals surface area contributed by atoms with Crippen LogP contribution in [0.3, 0.4) is 0 Å². The number of carbonyl (C=O) groups excluding carboxylic acids is 2. The molecular weight excluding hydrogens is 306 g/mol. The van der Waals surface area contributed by atoms with Crippen molar-refractivity contribution in [2.75, 3.05) is 11.9 Å². The summed E-state index contributed by atoms with van der Waals surface area (Å²) in [6, 6.07) is 14.4. The van der Waals surface area contributed by atoms with Gasteiger partial charge in [0.1, 0.15) is 11.3 Å². The molecule has 0 aliphatic carbocycles. The van der Waals surface area contributed by atoms with Crippen molar-refractivity contribution in [1.82, 2.24) is 0 Å². The third kappa shape index (κ3) is 5.43. The molecule has 126 valence electrons. The number of hydrogen-bond acceptors (Lipinski definition) is 4. The summed E-state index contributed by atoms with van der Waals surface area (Å²) < 4.78 is 5.20. The van der Waals surface area contributed by atoms with E-state index in [1.54, 1.807) is 0 Å². The molecule has 0 atom stereocenters. The molecule has 0 spiro atoms. The Morgan fingerprint density at radius 2 is 1.83 bits per heavy atom. The fourth-order valence-electron chi connectivity index (χ4n) is 2.30. The largest absolute Gasteiger partial charge is 0.507 e. The summed E-state index contributed by atoms with van der Waals surface area (Å²) in [5, 5.41) is 12.3. The van der Waals surface area contributed by atoms with Crippen LogP contribution < -0.4 is 5.32 Å². The number of amides is 1. The second-order valence-electron chi connectivity index (χ2n) is 5.49. The summed E-state index contributed by atoms with van der Waals surface area (Å²) in [5.74, 6) is -1.02. The number of unbranched alkanes of at least 4 members (excludes halogenated alkanes) is 1. The van der Waals surface area contributed by atoms with Gasteiger partial charge in [0.15, 0.2) is 0 Å². The third-order valence-electron chi connectivity index (χ3n) is 3.47. The minimum Gasteiger partial charge on any atom is -0.507 e. The molecule has 1 amide bonds. The Morgan fingerprint density at radius 3 is 2.54 bits per heavy atom. The minimum absolute atomic E-state index is 0.0457. The summed E-state index contributed by atoms with van der Waals surface area (Å²) >= 11 is 0. The van der Waals surface area contributed by atoms with Gasteiger partial charge in [-0.15, -0.1) is 0 Å². The maximum absolute atomic E-state index is 12.0. The van der Waals surface area contributed by atoms with Crippen LogP contribution in [0.2, 0.25) is 0 Å². The molecule has 2 N–H and O–H groups in total. The van der Waals surface area contributed by atoms with E-state index in [0.717, 1.165) is 19.3 Å². The first-order valence-electron chi connectivity index (χ1n) is 7.88. The van der Waals surface area contributed by atoms with Crippen molar-refractivity contribution in [2.24, 2.45) is 0 Å². The van der Waals surface area contributed by atoms with E-state index in [1.807, 2.05) is 18.2 Å². The van der Waals surface area contributed by atoms with Crippen molar-refractivity contribution < 1.29 is 19.4 Å². The molecule has 0 aliphatic rings. The normalized spacial score (nSPS) is 10.2. The Labute approximate surface area is 141 Å². The molecule has 0 aromatic heterocycles. The van der Waals surface area contributed by atoms with Crippen LogP contribution in [0, 0.1) is 0 Å². The van der Waals surface area contributed by atoms with Crippen molar-refractivity contribution in [1.29, 1.82) is 0 Å². The first-order valence-corrected chi connectivity index (χ1v) is 7.88. The molecule has 0 unspecified atom stereocenters. The zero-order chi connectivity index (χ0) is 17.4. The predicted molar refractivity (Wildman–Crippen MR) is 92.1 cm³/mol. The van der Waals surface area contributed by atoms with E-state index in [1.165, 1.54) is 30.7 Å². The Balaban J connectivity index is 1.80. The SMILES string of the molecule is CC(=O)Nc1ccc(O)c(C(=O)OCCCCc2ccccc2)c1. The zero-order valence-corrected chi connectivity index (χ0v) is 13.6. The van der Waals surface area contributed by atoms with Gasteiger partial charge >= 0.3 is 5.97 Å². The van der Waals surface area contributed by atoms with Gasteiger partial charge in [-0.2, -0.15) is 0 Å². The Hall–Kier alpha value is -2.82. The lowest BCUT2D eigenvalue weighted by Gasteiger charge is -2.09. The fraction of sp³-hybridized carbons (Fsp3) is 0.263. The molecule has 0 saturated heterocycles. The van der Waals surface area contributed by atoms with Gasteiger partial charge in [0, 0.05) is 12.6 Å². The number of rotatable bonds is 7. The van der Waals surface area contributed by atoms with Gasteiger partial charge in [0.2, 0.25) is 5.91 Å². The summed E-state index contributed by atoms with van der Waals surface area (Å²) in [4.78, 5) is 23.1. The molecule has 0 aliphatic heterocycles.